The number of pyridine rings is 2. The number of hydrogen-bond acceptors (Lipinski definition) is 18. The minimum Gasteiger partial charge on any atom is -0.432 e. The van der Waals surface area contributed by atoms with E-state index in [1.54, 1.807) is 24.5 Å². The number of furan rings is 2. The van der Waals surface area contributed by atoms with E-state index in [9.17, 15) is 12.8 Å². The van der Waals surface area contributed by atoms with Crippen molar-refractivity contribution in [3.8, 4) is 11.4 Å². The van der Waals surface area contributed by atoms with Gasteiger partial charge in [-0.25, -0.2) is 33.7 Å². The lowest BCUT2D eigenvalue weighted by atomic mass is 9.76. The number of H-pyrrole nitrogens is 2. The fraction of sp³-hybridized carbons (Fsp3) is 0.414. The van der Waals surface area contributed by atoms with Crippen molar-refractivity contribution in [1.82, 2.24) is 49.7 Å². The molecule has 0 spiro atoms. The molecule has 0 saturated carbocycles. The van der Waals surface area contributed by atoms with Gasteiger partial charge in [0.2, 0.25) is 16.7 Å². The van der Waals surface area contributed by atoms with Gasteiger partial charge in [0, 0.05) is 162 Å². The highest BCUT2D eigenvalue weighted by Gasteiger charge is 2.53. The molecule has 26 heteroatoms. The molecule has 2 N–H and O–H groups in total. The van der Waals surface area contributed by atoms with Crippen LogP contribution in [0.25, 0.3) is 77.6 Å². The minimum atomic E-state index is -0.724. The van der Waals surface area contributed by atoms with Crippen molar-refractivity contribution in [3.05, 3.63) is 101 Å². The number of benzene rings is 2. The Hall–Kier alpha value is -6.55. The van der Waals surface area contributed by atoms with Gasteiger partial charge in [0.15, 0.2) is 28.6 Å². The summed E-state index contributed by atoms with van der Waals surface area (Å²) in [7, 11) is -2.08. The van der Waals surface area contributed by atoms with Gasteiger partial charge < -0.3 is 47.4 Å². The van der Waals surface area contributed by atoms with Gasteiger partial charge in [0.25, 0.3) is 0 Å². The average molecular weight is 1200 g/mol. The summed E-state index contributed by atoms with van der Waals surface area (Å²) in [6.45, 7) is 17.8. The fourth-order valence-corrected chi connectivity index (χ4v) is 13.6. The van der Waals surface area contributed by atoms with Crippen LogP contribution in [0.4, 0.5) is 20.4 Å². The van der Waals surface area contributed by atoms with E-state index < -0.39 is 39.9 Å². The molecule has 8 aromatic heterocycles. The zero-order valence-corrected chi connectivity index (χ0v) is 49.3. The van der Waals surface area contributed by atoms with Crippen LogP contribution in [0.5, 0.6) is 0 Å². The predicted octanol–water partition coefficient (Wildman–Crippen LogP) is 7.89. The monoisotopic (exact) mass is 1200 g/mol. The first-order valence-electron chi connectivity index (χ1n) is 28.1. The van der Waals surface area contributed by atoms with Crippen LogP contribution in [-0.4, -0.2) is 178 Å². The smallest absolute Gasteiger partial charge is 0.432 e. The molecule has 0 atom stereocenters. The molecule has 438 valence electrons. The lowest BCUT2D eigenvalue weighted by molar-refractivity contribution is 0.00578. The molecule has 0 amide bonds. The van der Waals surface area contributed by atoms with Gasteiger partial charge in [0.1, 0.15) is 22.7 Å². The molecule has 0 aliphatic carbocycles. The van der Waals surface area contributed by atoms with Crippen molar-refractivity contribution in [2.45, 2.75) is 52.0 Å². The van der Waals surface area contributed by atoms with Gasteiger partial charge >= 0.3 is 7.12 Å². The second-order valence-corrected chi connectivity index (χ2v) is 26.2. The Morgan fingerprint density at radius 3 is 1.61 bits per heavy atom. The summed E-state index contributed by atoms with van der Waals surface area (Å²) in [5.74, 6) is 3.79. The number of fused-ring (bicyclic) bond motifs is 8. The molecule has 0 radical (unpaired) electrons. The first kappa shape index (κ1) is 56.6. The quantitative estimate of drug-likeness (QED) is 0.109. The molecule has 0 unspecified atom stereocenters. The van der Waals surface area contributed by atoms with Crippen molar-refractivity contribution in [1.29, 1.82) is 0 Å². The van der Waals surface area contributed by atoms with Crippen LogP contribution in [0.3, 0.4) is 0 Å². The maximum absolute atomic E-state index is 15.3. The van der Waals surface area contributed by atoms with Crippen LogP contribution < -0.4 is 15.3 Å². The Morgan fingerprint density at radius 1 is 0.595 bits per heavy atom. The van der Waals surface area contributed by atoms with E-state index in [2.05, 4.69) is 55.6 Å². The van der Waals surface area contributed by atoms with Crippen LogP contribution in [0.2, 0.25) is 5.28 Å². The second-order valence-electron chi connectivity index (χ2n) is 22.4. The lowest BCUT2D eigenvalue weighted by Crippen LogP contribution is -2.41. The predicted molar refractivity (Wildman–Crippen MR) is 323 cm³/mol. The number of aromatic nitrogens is 8. The van der Waals surface area contributed by atoms with Crippen LogP contribution in [0, 0.1) is 11.6 Å². The molecule has 5 saturated heterocycles. The van der Waals surface area contributed by atoms with E-state index in [-0.39, 0.29) is 16.9 Å². The topological polar surface area (TPSA) is 219 Å². The molecule has 5 aliphatic heterocycles. The molecule has 5 aliphatic rings. The normalized spacial score (nSPS) is 19.2. The summed E-state index contributed by atoms with van der Waals surface area (Å²) >= 11 is 6.23. The summed E-state index contributed by atoms with van der Waals surface area (Å²) in [5.41, 5.74) is 7.14. The number of halogens is 3. The summed E-state index contributed by atoms with van der Waals surface area (Å²) in [4.78, 5) is 42.7. The number of hydrogen-bond donors (Lipinski definition) is 2. The van der Waals surface area contributed by atoms with Crippen LogP contribution >= 0.6 is 11.6 Å². The average Bonchev–Trinajstić information content (AvgIpc) is 3.93. The highest BCUT2D eigenvalue weighted by Crippen LogP contribution is 2.40. The first-order chi connectivity index (χ1) is 40.6. The van der Waals surface area contributed by atoms with E-state index in [0.717, 1.165) is 101 Å². The van der Waals surface area contributed by atoms with Gasteiger partial charge in [-0.1, -0.05) is 0 Å². The van der Waals surface area contributed by atoms with Crippen molar-refractivity contribution in [2.75, 3.05) is 112 Å². The molecule has 13 heterocycles. The molecule has 15 rings (SSSR count). The molecule has 20 nitrogen and oxygen atoms in total. The molecule has 10 aromatic rings. The zero-order chi connectivity index (χ0) is 57.9. The van der Waals surface area contributed by atoms with Gasteiger partial charge in [0.05, 0.1) is 54.0 Å². The Labute approximate surface area is 492 Å². The van der Waals surface area contributed by atoms with Crippen molar-refractivity contribution >= 4 is 124 Å². The number of ether oxygens (including phenoxy) is 2. The fourth-order valence-electron chi connectivity index (χ4n) is 11.2. The molecule has 0 bridgehead atoms. The van der Waals surface area contributed by atoms with Crippen molar-refractivity contribution in [3.63, 3.8) is 0 Å². The van der Waals surface area contributed by atoms with Gasteiger partial charge in [-0.3, -0.25) is 18.2 Å². The Bertz CT molecular complexity index is 4120. The summed E-state index contributed by atoms with van der Waals surface area (Å²) in [6, 6.07) is 14.1. The number of nitrogens with zero attached hydrogens (tertiary/aromatic N) is 10. The number of rotatable bonds is 8. The summed E-state index contributed by atoms with van der Waals surface area (Å²) in [5, 5.41) is 3.33. The van der Waals surface area contributed by atoms with Gasteiger partial charge in [-0.2, -0.15) is 4.98 Å². The maximum atomic E-state index is 15.3. The van der Waals surface area contributed by atoms with E-state index in [1.807, 2.05) is 58.3 Å². The lowest BCUT2D eigenvalue weighted by Gasteiger charge is -2.32. The minimum absolute atomic E-state index is 0.195. The van der Waals surface area contributed by atoms with Gasteiger partial charge in [-0.15, -0.1) is 0 Å². The standard InChI is InChI=1S/C26H25FN6O3S.C18H20ClN5O3S.C14H17BFNO2/c27-19-1-2-20-17(3-4-28-20)21(19)24-30-22-18-13-16(15-32-7-11-37(34)12-8-32)14-29-26(18)36-23(22)25(31-24)33-5-9-35-10-6-33;19-18-21-14-13-9-12(11-23-3-7-28(25)8-4-23)10-20-17(13)27-15(14)16(22-18)24-1-5-26-6-2-24;1-13(2)14(3,4)19-15(18-13)12-9-7-8-17-11(9)6-5-10(12)16/h1-4,13-14,28H,5-12,15H2;9-10H,1-8,11H2;5-8,17H,1-4H3. The maximum Gasteiger partial charge on any atom is 0.498 e. The SMILES string of the molecule is CC1(C)OB(c2c(F)ccc3[nH]ccc23)OC1(C)C.O=S1CCN(Cc2cnc3oc4c(N5CCOCC5)nc(-c5c(F)ccc6[nH]ccc56)nc4c3c2)CC1.O=S1CCN(Cc2cnc3oc4c(N5CCOCC5)nc(Cl)nc4c3c2)CC1. The zero-order valence-electron chi connectivity index (χ0n) is 46.9. The Balaban J connectivity index is 0.000000124. The Morgan fingerprint density at radius 2 is 1.07 bits per heavy atom. The first-order valence-corrected chi connectivity index (χ1v) is 31.5. The molecular formula is C58H62BClF2N12O8S2. The van der Waals surface area contributed by atoms with E-state index in [1.165, 1.54) is 12.1 Å². The van der Waals surface area contributed by atoms with Crippen molar-refractivity contribution < 1.29 is 44.8 Å². The van der Waals surface area contributed by atoms with Gasteiger partial charge in [-0.05, 0) is 99.0 Å². The largest absolute Gasteiger partial charge is 0.498 e. The summed E-state index contributed by atoms with van der Waals surface area (Å²) in [6.07, 6.45) is 7.23. The van der Waals surface area contributed by atoms with Crippen LogP contribution in [-0.2, 0) is 53.5 Å². The second kappa shape index (κ2) is 23.4. The molecule has 2 aromatic carbocycles. The molecule has 5 fully saturated rings. The Kier molecular flexibility index (Phi) is 15.7. The highest BCUT2D eigenvalue weighted by molar-refractivity contribution is 7.85. The third-order valence-electron chi connectivity index (χ3n) is 16.5. The highest BCUT2D eigenvalue weighted by atomic mass is 35.5. The summed E-state index contributed by atoms with van der Waals surface area (Å²) < 4.78 is 87.8. The number of nitrogens with one attached hydrogen (secondary N) is 2. The van der Waals surface area contributed by atoms with Crippen LogP contribution in [0.15, 0.2) is 82.2 Å². The number of anilines is 2. The third-order valence-corrected chi connectivity index (χ3v) is 19.2. The van der Waals surface area contributed by atoms with E-state index in [0.29, 0.717) is 120 Å². The molecular weight excluding hydrogens is 1140 g/mol. The van der Waals surface area contributed by atoms with E-state index >= 15 is 4.39 Å². The third kappa shape index (κ3) is 11.3. The number of morpholine rings is 2. The van der Waals surface area contributed by atoms with Crippen LogP contribution in [0.1, 0.15) is 38.8 Å². The molecule has 84 heavy (non-hydrogen) atoms. The van der Waals surface area contributed by atoms with E-state index in [4.69, 9.17) is 49.2 Å². The number of aromatic amines is 2. The van der Waals surface area contributed by atoms with Crippen molar-refractivity contribution in [2.24, 2.45) is 0 Å².